The Balaban J connectivity index is 3.01. The topological polar surface area (TPSA) is 66.4 Å². The summed E-state index contributed by atoms with van der Waals surface area (Å²) in [5.74, 6) is -2.72. The van der Waals surface area contributed by atoms with Crippen LogP contribution >= 0.6 is 15.9 Å². The van der Waals surface area contributed by atoms with Crippen molar-refractivity contribution in [2.45, 2.75) is 27.7 Å². The van der Waals surface area contributed by atoms with Gasteiger partial charge in [0.2, 0.25) is 5.91 Å². The summed E-state index contributed by atoms with van der Waals surface area (Å²) in [4.78, 5) is 23.4. The zero-order valence-corrected chi connectivity index (χ0v) is 13.0. The van der Waals surface area contributed by atoms with Crippen LogP contribution in [-0.2, 0) is 9.59 Å². The van der Waals surface area contributed by atoms with Gasteiger partial charge in [0.25, 0.3) is 0 Å². The lowest BCUT2D eigenvalue weighted by Gasteiger charge is -2.26. The number of hydrogen-bond acceptors (Lipinski definition) is 2. The van der Waals surface area contributed by atoms with Gasteiger partial charge >= 0.3 is 5.97 Å². The van der Waals surface area contributed by atoms with E-state index in [2.05, 4.69) is 21.2 Å². The van der Waals surface area contributed by atoms with Crippen molar-refractivity contribution in [3.05, 3.63) is 28.2 Å². The van der Waals surface area contributed by atoms with E-state index in [4.69, 9.17) is 0 Å². The van der Waals surface area contributed by atoms with E-state index in [1.165, 1.54) is 0 Å². The van der Waals surface area contributed by atoms with Gasteiger partial charge in [0.1, 0.15) is 5.92 Å². The molecule has 0 bridgehead atoms. The molecule has 1 unspecified atom stereocenters. The average Bonchev–Trinajstić information content (AvgIpc) is 2.22. The summed E-state index contributed by atoms with van der Waals surface area (Å²) in [6, 6.07) is 5.44. The molecule has 0 fully saturated rings. The number of rotatable bonds is 3. The number of amides is 1. The van der Waals surface area contributed by atoms with Crippen LogP contribution in [0.4, 0.5) is 5.69 Å². The van der Waals surface area contributed by atoms with Gasteiger partial charge in [0.05, 0.1) is 5.69 Å². The fraction of sp³-hybridized carbons (Fsp3) is 0.429. The quantitative estimate of drug-likeness (QED) is 0.835. The molecule has 1 aromatic carbocycles. The smallest absolute Gasteiger partial charge is 0.316 e. The van der Waals surface area contributed by atoms with Crippen LogP contribution in [0, 0.1) is 18.3 Å². The summed E-state index contributed by atoms with van der Waals surface area (Å²) < 4.78 is 0.765. The predicted molar refractivity (Wildman–Crippen MR) is 78.1 cm³/mol. The van der Waals surface area contributed by atoms with Gasteiger partial charge in [-0.3, -0.25) is 9.59 Å². The van der Waals surface area contributed by atoms with Gasteiger partial charge in [0.15, 0.2) is 0 Å². The number of carboxylic acid groups (broad SMARTS) is 1. The van der Waals surface area contributed by atoms with Crippen LogP contribution in [0.15, 0.2) is 22.7 Å². The number of carbonyl (C=O) groups is 2. The molecule has 1 rings (SSSR count). The van der Waals surface area contributed by atoms with Crippen molar-refractivity contribution in [1.29, 1.82) is 0 Å². The maximum absolute atomic E-state index is 12.2. The first kappa shape index (κ1) is 15.7. The molecule has 19 heavy (non-hydrogen) atoms. The third-order valence-corrected chi connectivity index (χ3v) is 3.88. The summed E-state index contributed by atoms with van der Waals surface area (Å²) >= 11 is 3.38. The monoisotopic (exact) mass is 327 g/mol. The maximum atomic E-state index is 12.2. The molecule has 1 atom stereocenters. The molecule has 0 aliphatic heterocycles. The largest absolute Gasteiger partial charge is 0.481 e. The van der Waals surface area contributed by atoms with Gasteiger partial charge < -0.3 is 10.4 Å². The Bertz CT molecular complexity index is 506. The lowest BCUT2D eigenvalue weighted by atomic mass is 9.80. The van der Waals surface area contributed by atoms with Crippen molar-refractivity contribution in [2.75, 3.05) is 5.32 Å². The lowest BCUT2D eigenvalue weighted by Crippen LogP contribution is -2.39. The Hall–Kier alpha value is -1.36. The van der Waals surface area contributed by atoms with E-state index >= 15 is 0 Å². The Kier molecular flexibility index (Phi) is 4.74. The van der Waals surface area contributed by atoms with Crippen LogP contribution in [-0.4, -0.2) is 17.0 Å². The maximum Gasteiger partial charge on any atom is 0.316 e. The van der Waals surface area contributed by atoms with Crippen molar-refractivity contribution in [3.63, 3.8) is 0 Å². The number of benzene rings is 1. The third-order valence-electron chi connectivity index (χ3n) is 2.82. The van der Waals surface area contributed by atoms with Gasteiger partial charge in [-0.25, -0.2) is 0 Å². The van der Waals surface area contributed by atoms with E-state index in [1.807, 2.05) is 19.1 Å². The first-order chi connectivity index (χ1) is 8.64. The number of aryl methyl sites for hydroxylation is 1. The van der Waals surface area contributed by atoms with Crippen LogP contribution in [0.2, 0.25) is 0 Å². The number of anilines is 1. The number of hydrogen-bond donors (Lipinski definition) is 2. The Labute approximate surface area is 121 Å². The Morgan fingerprint density at radius 3 is 2.37 bits per heavy atom. The van der Waals surface area contributed by atoms with Crippen molar-refractivity contribution < 1.29 is 14.7 Å². The zero-order valence-electron chi connectivity index (χ0n) is 11.5. The van der Waals surface area contributed by atoms with E-state index in [0.717, 1.165) is 10.0 Å². The molecule has 0 aliphatic rings. The molecule has 0 spiro atoms. The molecule has 4 nitrogen and oxygen atoms in total. The second-order valence-electron chi connectivity index (χ2n) is 5.56. The average molecular weight is 328 g/mol. The molecular weight excluding hydrogens is 310 g/mol. The van der Waals surface area contributed by atoms with Crippen LogP contribution in [0.25, 0.3) is 0 Å². The molecule has 0 saturated heterocycles. The van der Waals surface area contributed by atoms with Gasteiger partial charge in [-0.1, -0.05) is 32.9 Å². The Morgan fingerprint density at radius 2 is 1.89 bits per heavy atom. The number of aliphatic carboxylic acids is 1. The highest BCUT2D eigenvalue weighted by Crippen LogP contribution is 2.30. The van der Waals surface area contributed by atoms with Crippen molar-refractivity contribution in [1.82, 2.24) is 0 Å². The summed E-state index contributed by atoms with van der Waals surface area (Å²) in [6.07, 6.45) is 0. The Morgan fingerprint density at radius 1 is 1.32 bits per heavy atom. The van der Waals surface area contributed by atoms with E-state index in [9.17, 15) is 14.7 Å². The minimum Gasteiger partial charge on any atom is -0.481 e. The number of nitrogens with one attached hydrogen (secondary N) is 1. The van der Waals surface area contributed by atoms with Crippen molar-refractivity contribution >= 4 is 33.5 Å². The molecule has 104 valence electrons. The SMILES string of the molecule is Cc1cccc(NC(=O)C(C(=O)O)C(C)(C)C)c1Br. The summed E-state index contributed by atoms with van der Waals surface area (Å²) in [7, 11) is 0. The predicted octanol–water partition coefficient (Wildman–Crippen LogP) is 3.44. The molecule has 0 aromatic heterocycles. The van der Waals surface area contributed by atoms with Crippen LogP contribution in [0.1, 0.15) is 26.3 Å². The number of carboxylic acids is 1. The van der Waals surface area contributed by atoms with Gasteiger partial charge in [-0.05, 0) is 39.9 Å². The first-order valence-corrected chi connectivity index (χ1v) is 6.72. The second-order valence-corrected chi connectivity index (χ2v) is 6.36. The van der Waals surface area contributed by atoms with Gasteiger partial charge in [-0.2, -0.15) is 0 Å². The van der Waals surface area contributed by atoms with Crippen LogP contribution in [0.3, 0.4) is 0 Å². The van der Waals surface area contributed by atoms with Crippen molar-refractivity contribution in [2.24, 2.45) is 11.3 Å². The standard InChI is InChI=1S/C14H18BrNO3/c1-8-6-5-7-9(11(8)15)16-12(17)10(13(18)19)14(2,3)4/h5-7,10H,1-4H3,(H,16,17)(H,18,19). The molecule has 0 heterocycles. The molecule has 5 heteroatoms. The van der Waals surface area contributed by atoms with E-state index in [1.54, 1.807) is 26.8 Å². The fourth-order valence-corrected chi connectivity index (χ4v) is 2.19. The highest BCUT2D eigenvalue weighted by Gasteiger charge is 2.37. The molecule has 1 amide bonds. The molecular formula is C14H18BrNO3. The highest BCUT2D eigenvalue weighted by atomic mass is 79.9. The molecule has 0 aliphatic carbocycles. The normalized spacial score (nSPS) is 12.9. The molecule has 1 aromatic rings. The van der Waals surface area contributed by atoms with E-state index in [0.29, 0.717) is 5.69 Å². The summed E-state index contributed by atoms with van der Waals surface area (Å²) in [6.45, 7) is 7.10. The lowest BCUT2D eigenvalue weighted by molar-refractivity contribution is -0.149. The molecule has 0 radical (unpaired) electrons. The van der Waals surface area contributed by atoms with Gasteiger partial charge in [0, 0.05) is 4.47 Å². The minimum absolute atomic E-state index is 0.508. The van der Waals surface area contributed by atoms with Gasteiger partial charge in [-0.15, -0.1) is 0 Å². The first-order valence-electron chi connectivity index (χ1n) is 5.93. The fourth-order valence-electron chi connectivity index (χ4n) is 1.82. The number of carbonyl (C=O) groups excluding carboxylic acids is 1. The zero-order chi connectivity index (χ0) is 14.8. The van der Waals surface area contributed by atoms with E-state index < -0.39 is 23.2 Å². The van der Waals surface area contributed by atoms with Crippen LogP contribution in [0.5, 0.6) is 0 Å². The summed E-state index contributed by atoms with van der Waals surface area (Å²) in [5.41, 5.74) is 0.910. The third kappa shape index (κ3) is 3.80. The number of halogens is 1. The second kappa shape index (κ2) is 5.74. The van der Waals surface area contributed by atoms with Crippen molar-refractivity contribution in [3.8, 4) is 0 Å². The van der Waals surface area contributed by atoms with E-state index in [-0.39, 0.29) is 0 Å². The minimum atomic E-state index is -1.12. The van der Waals surface area contributed by atoms with Crippen LogP contribution < -0.4 is 5.32 Å². The highest BCUT2D eigenvalue weighted by molar-refractivity contribution is 9.10. The molecule has 2 N–H and O–H groups in total. The summed E-state index contributed by atoms with van der Waals surface area (Å²) in [5, 5.41) is 11.9. The molecule has 0 saturated carbocycles.